The van der Waals surface area contributed by atoms with Crippen LogP contribution in [0, 0.1) is 0 Å². The van der Waals surface area contributed by atoms with E-state index in [4.69, 9.17) is 0 Å². The molecule has 0 amide bonds. The van der Waals surface area contributed by atoms with Crippen LogP contribution in [0.25, 0.3) is 0 Å². The third kappa shape index (κ3) is 2.19. The van der Waals surface area contributed by atoms with Gasteiger partial charge >= 0.3 is 0 Å². The van der Waals surface area contributed by atoms with E-state index in [0.29, 0.717) is 0 Å². The maximum absolute atomic E-state index is 3.96. The molecule has 1 heteroatoms. The molecule has 0 N–H and O–H groups in total. The minimum absolute atomic E-state index is 1.09. The summed E-state index contributed by atoms with van der Waals surface area (Å²) in [6.45, 7) is 2.15. The third-order valence-corrected chi connectivity index (χ3v) is 1.64. The average molecular weight is 147 g/mol. The van der Waals surface area contributed by atoms with Gasteiger partial charge in [0.15, 0.2) is 0 Å². The molecule has 0 atom stereocenters. The minimum Gasteiger partial charge on any atom is -0.296 e. The SMILES string of the molecule is CCc1cccc(/C=N/C)c1. The van der Waals surface area contributed by atoms with E-state index in [0.717, 1.165) is 6.42 Å². The van der Waals surface area contributed by atoms with E-state index >= 15 is 0 Å². The summed E-state index contributed by atoms with van der Waals surface area (Å²) >= 11 is 0. The molecule has 0 saturated carbocycles. The Kier molecular flexibility index (Phi) is 2.84. The van der Waals surface area contributed by atoms with Crippen molar-refractivity contribution in [2.24, 2.45) is 4.99 Å². The largest absolute Gasteiger partial charge is 0.296 e. The highest BCUT2D eigenvalue weighted by Gasteiger charge is 1.89. The van der Waals surface area contributed by atoms with E-state index in [9.17, 15) is 0 Å². The highest BCUT2D eigenvalue weighted by atomic mass is 14.6. The first-order chi connectivity index (χ1) is 5.36. The van der Waals surface area contributed by atoms with Gasteiger partial charge in [0, 0.05) is 13.3 Å². The van der Waals surface area contributed by atoms with Crippen LogP contribution >= 0.6 is 0 Å². The normalized spacial score (nSPS) is 10.7. The van der Waals surface area contributed by atoms with Gasteiger partial charge in [-0.25, -0.2) is 0 Å². The van der Waals surface area contributed by atoms with Crippen LogP contribution in [0.15, 0.2) is 29.3 Å². The van der Waals surface area contributed by atoms with E-state index in [-0.39, 0.29) is 0 Å². The zero-order valence-electron chi connectivity index (χ0n) is 7.04. The van der Waals surface area contributed by atoms with Crippen molar-refractivity contribution in [2.75, 3.05) is 7.05 Å². The molecule has 0 aliphatic heterocycles. The fraction of sp³-hybridized carbons (Fsp3) is 0.300. The Hall–Kier alpha value is -1.11. The second-order valence-electron chi connectivity index (χ2n) is 2.49. The van der Waals surface area contributed by atoms with Gasteiger partial charge in [-0.1, -0.05) is 31.2 Å². The lowest BCUT2D eigenvalue weighted by atomic mass is 10.1. The number of hydrogen-bond acceptors (Lipinski definition) is 1. The van der Waals surface area contributed by atoms with Gasteiger partial charge in [-0.3, -0.25) is 4.99 Å². The van der Waals surface area contributed by atoms with Gasteiger partial charge in [0.05, 0.1) is 0 Å². The zero-order chi connectivity index (χ0) is 8.10. The molecule has 0 bridgehead atoms. The van der Waals surface area contributed by atoms with Crippen molar-refractivity contribution in [3.05, 3.63) is 35.4 Å². The first-order valence-electron chi connectivity index (χ1n) is 3.88. The predicted octanol–water partition coefficient (Wildman–Crippen LogP) is 2.30. The Morgan fingerprint density at radius 2 is 2.27 bits per heavy atom. The Bertz CT molecular complexity index is 251. The third-order valence-electron chi connectivity index (χ3n) is 1.64. The molecule has 0 spiro atoms. The lowest BCUT2D eigenvalue weighted by Gasteiger charge is -1.96. The minimum atomic E-state index is 1.09. The maximum atomic E-state index is 3.96. The summed E-state index contributed by atoms with van der Waals surface area (Å²) in [6, 6.07) is 8.42. The van der Waals surface area contributed by atoms with Gasteiger partial charge < -0.3 is 0 Å². The van der Waals surface area contributed by atoms with Crippen molar-refractivity contribution in [1.82, 2.24) is 0 Å². The van der Waals surface area contributed by atoms with Crippen LogP contribution in [0.2, 0.25) is 0 Å². The topological polar surface area (TPSA) is 12.4 Å². The molecule has 0 aromatic heterocycles. The van der Waals surface area contributed by atoms with E-state index in [2.05, 4.69) is 36.2 Å². The quantitative estimate of drug-likeness (QED) is 0.569. The van der Waals surface area contributed by atoms with Crippen molar-refractivity contribution in [2.45, 2.75) is 13.3 Å². The number of aryl methyl sites for hydroxylation is 1. The molecular weight excluding hydrogens is 134 g/mol. The average Bonchev–Trinajstić information content (AvgIpc) is 2.06. The van der Waals surface area contributed by atoms with Crippen LogP contribution in [0.1, 0.15) is 18.1 Å². The molecule has 0 fully saturated rings. The standard InChI is InChI=1S/C10H13N/c1-3-9-5-4-6-10(7-9)8-11-2/h4-8H,3H2,1-2H3/b11-8+. The fourth-order valence-electron chi connectivity index (χ4n) is 1.04. The summed E-state index contributed by atoms with van der Waals surface area (Å²) in [6.07, 6.45) is 2.96. The summed E-state index contributed by atoms with van der Waals surface area (Å²) in [7, 11) is 1.79. The highest BCUT2D eigenvalue weighted by Crippen LogP contribution is 2.03. The van der Waals surface area contributed by atoms with Crippen molar-refractivity contribution >= 4 is 6.21 Å². The lowest BCUT2D eigenvalue weighted by molar-refractivity contribution is 1.14. The number of nitrogens with zero attached hydrogens (tertiary/aromatic N) is 1. The molecule has 0 heterocycles. The molecule has 0 aliphatic carbocycles. The molecule has 1 aromatic rings. The second kappa shape index (κ2) is 3.91. The molecule has 0 aliphatic rings. The Morgan fingerprint density at radius 1 is 1.45 bits per heavy atom. The summed E-state index contributed by atoms with van der Waals surface area (Å²) in [4.78, 5) is 3.96. The van der Waals surface area contributed by atoms with Gasteiger partial charge in [0.1, 0.15) is 0 Å². The van der Waals surface area contributed by atoms with Gasteiger partial charge in [-0.05, 0) is 17.5 Å². The van der Waals surface area contributed by atoms with Gasteiger partial charge in [-0.2, -0.15) is 0 Å². The van der Waals surface area contributed by atoms with E-state index in [1.807, 2.05) is 6.21 Å². The molecule has 58 valence electrons. The van der Waals surface area contributed by atoms with Gasteiger partial charge in [0.2, 0.25) is 0 Å². The monoisotopic (exact) mass is 147 g/mol. The van der Waals surface area contributed by atoms with Gasteiger partial charge in [-0.15, -0.1) is 0 Å². The zero-order valence-corrected chi connectivity index (χ0v) is 7.04. The molecule has 1 nitrogen and oxygen atoms in total. The first kappa shape index (κ1) is 7.99. The van der Waals surface area contributed by atoms with Crippen molar-refractivity contribution in [3.8, 4) is 0 Å². The van der Waals surface area contributed by atoms with E-state index in [1.54, 1.807) is 7.05 Å². The summed E-state index contributed by atoms with van der Waals surface area (Å²) in [5, 5.41) is 0. The Morgan fingerprint density at radius 3 is 2.91 bits per heavy atom. The first-order valence-corrected chi connectivity index (χ1v) is 3.88. The number of rotatable bonds is 2. The van der Waals surface area contributed by atoms with Crippen molar-refractivity contribution in [3.63, 3.8) is 0 Å². The maximum Gasteiger partial charge on any atom is 0.0281 e. The highest BCUT2D eigenvalue weighted by molar-refractivity contribution is 5.79. The van der Waals surface area contributed by atoms with E-state index in [1.165, 1.54) is 11.1 Å². The van der Waals surface area contributed by atoms with Gasteiger partial charge in [0.25, 0.3) is 0 Å². The molecule has 0 saturated heterocycles. The number of aliphatic imine (C=N–C) groups is 1. The van der Waals surface area contributed by atoms with Crippen LogP contribution in [-0.4, -0.2) is 13.3 Å². The van der Waals surface area contributed by atoms with Crippen LogP contribution < -0.4 is 0 Å². The van der Waals surface area contributed by atoms with Crippen LogP contribution in [-0.2, 0) is 6.42 Å². The summed E-state index contributed by atoms with van der Waals surface area (Å²) in [5.41, 5.74) is 2.55. The summed E-state index contributed by atoms with van der Waals surface area (Å²) in [5.74, 6) is 0. The summed E-state index contributed by atoms with van der Waals surface area (Å²) < 4.78 is 0. The Balaban J connectivity index is 2.91. The lowest BCUT2D eigenvalue weighted by Crippen LogP contribution is -1.84. The number of benzene rings is 1. The molecule has 1 rings (SSSR count). The van der Waals surface area contributed by atoms with Crippen LogP contribution in [0.3, 0.4) is 0 Å². The second-order valence-corrected chi connectivity index (χ2v) is 2.49. The molecular formula is C10H13N. The predicted molar refractivity (Wildman–Crippen MR) is 49.3 cm³/mol. The molecule has 0 unspecified atom stereocenters. The van der Waals surface area contributed by atoms with Crippen molar-refractivity contribution < 1.29 is 0 Å². The van der Waals surface area contributed by atoms with E-state index < -0.39 is 0 Å². The fourth-order valence-corrected chi connectivity index (χ4v) is 1.04. The molecule has 0 radical (unpaired) electrons. The van der Waals surface area contributed by atoms with Crippen molar-refractivity contribution in [1.29, 1.82) is 0 Å². The van der Waals surface area contributed by atoms with Crippen LogP contribution in [0.4, 0.5) is 0 Å². The molecule has 1 aromatic carbocycles. The Labute approximate surface area is 67.8 Å². The molecule has 11 heavy (non-hydrogen) atoms. The number of hydrogen-bond donors (Lipinski definition) is 0. The smallest absolute Gasteiger partial charge is 0.0281 e. The van der Waals surface area contributed by atoms with Crippen LogP contribution in [0.5, 0.6) is 0 Å².